The lowest BCUT2D eigenvalue weighted by molar-refractivity contribution is 0.0205. The Morgan fingerprint density at radius 2 is 1.88 bits per heavy atom. The molecule has 0 radical (unpaired) electrons. The molecule has 1 aliphatic carbocycles. The minimum atomic E-state index is 0.563. The molecular weight excluding hydrogens is 328 g/mol. The molecule has 2 aliphatic heterocycles. The fourth-order valence-electron chi connectivity index (χ4n) is 3.88. The third-order valence-electron chi connectivity index (χ3n) is 5.69. The van der Waals surface area contributed by atoms with Crippen LogP contribution in [0.15, 0.2) is 4.99 Å². The molecule has 0 aromatic carbocycles. The van der Waals surface area contributed by atoms with Gasteiger partial charge in [0.2, 0.25) is 0 Å². The molecule has 150 valence electrons. The van der Waals surface area contributed by atoms with Crippen LogP contribution in [0.4, 0.5) is 0 Å². The maximum absolute atomic E-state index is 5.83. The van der Waals surface area contributed by atoms with Crippen molar-refractivity contribution in [2.24, 2.45) is 10.9 Å². The Morgan fingerprint density at radius 3 is 2.58 bits per heavy atom. The standard InChI is InChI=1S/C20H38N4O2/c1-2-21-20(23-18-6-11-24(12-7-18)19-4-5-19)22-10-3-13-26-16-17-8-14-25-15-9-17/h17-19H,2-16H2,1H3,(H2,21,22,23). The summed E-state index contributed by atoms with van der Waals surface area (Å²) in [6.45, 7) is 9.82. The van der Waals surface area contributed by atoms with Crippen molar-refractivity contribution in [3.8, 4) is 0 Å². The van der Waals surface area contributed by atoms with Gasteiger partial charge in [0.15, 0.2) is 5.96 Å². The molecule has 3 rings (SSSR count). The van der Waals surface area contributed by atoms with E-state index in [2.05, 4.69) is 22.5 Å². The van der Waals surface area contributed by atoms with E-state index < -0.39 is 0 Å². The van der Waals surface area contributed by atoms with Crippen molar-refractivity contribution in [3.63, 3.8) is 0 Å². The first-order chi connectivity index (χ1) is 12.8. The normalized spacial score (nSPS) is 24.0. The second-order valence-corrected chi connectivity index (χ2v) is 7.93. The second kappa shape index (κ2) is 11.1. The molecule has 0 aromatic rings. The van der Waals surface area contributed by atoms with E-state index in [1.807, 2.05) is 0 Å². The topological polar surface area (TPSA) is 58.1 Å². The Bertz CT molecular complexity index is 414. The number of nitrogens with one attached hydrogen (secondary N) is 2. The van der Waals surface area contributed by atoms with Gasteiger partial charge in [-0.15, -0.1) is 0 Å². The van der Waals surface area contributed by atoms with Gasteiger partial charge < -0.3 is 25.0 Å². The Hall–Kier alpha value is -0.850. The first kappa shape index (κ1) is 19.9. The molecule has 0 spiro atoms. The van der Waals surface area contributed by atoms with E-state index in [1.54, 1.807) is 0 Å². The van der Waals surface area contributed by atoms with Crippen LogP contribution >= 0.6 is 0 Å². The number of rotatable bonds is 9. The molecule has 1 saturated carbocycles. The molecule has 0 amide bonds. The van der Waals surface area contributed by atoms with Gasteiger partial charge in [-0.1, -0.05) is 0 Å². The summed E-state index contributed by atoms with van der Waals surface area (Å²) in [6, 6.07) is 1.46. The first-order valence-electron chi connectivity index (χ1n) is 10.8. The predicted octanol–water partition coefficient (Wildman–Crippen LogP) is 2.00. The fraction of sp³-hybridized carbons (Fsp3) is 0.950. The Balaban J connectivity index is 1.27. The summed E-state index contributed by atoms with van der Waals surface area (Å²) in [4.78, 5) is 7.40. The molecule has 2 N–H and O–H groups in total. The van der Waals surface area contributed by atoms with Gasteiger partial charge in [-0.2, -0.15) is 0 Å². The number of likely N-dealkylation sites (tertiary alicyclic amines) is 1. The summed E-state index contributed by atoms with van der Waals surface area (Å²) in [5, 5.41) is 7.03. The third kappa shape index (κ3) is 7.05. The third-order valence-corrected chi connectivity index (χ3v) is 5.69. The maximum atomic E-state index is 5.83. The summed E-state index contributed by atoms with van der Waals surface area (Å²) in [7, 11) is 0. The van der Waals surface area contributed by atoms with Gasteiger partial charge >= 0.3 is 0 Å². The summed E-state index contributed by atoms with van der Waals surface area (Å²) in [5.74, 6) is 1.66. The molecule has 26 heavy (non-hydrogen) atoms. The van der Waals surface area contributed by atoms with Crippen molar-refractivity contribution in [2.45, 2.75) is 64.0 Å². The number of hydrogen-bond donors (Lipinski definition) is 2. The van der Waals surface area contributed by atoms with Crippen LogP contribution in [0.5, 0.6) is 0 Å². The van der Waals surface area contributed by atoms with Crippen LogP contribution in [-0.2, 0) is 9.47 Å². The van der Waals surface area contributed by atoms with Crippen LogP contribution in [0.3, 0.4) is 0 Å². The van der Waals surface area contributed by atoms with Crippen molar-refractivity contribution in [3.05, 3.63) is 0 Å². The Kier molecular flexibility index (Phi) is 8.49. The number of aliphatic imine (C=N–C) groups is 1. The zero-order valence-electron chi connectivity index (χ0n) is 16.5. The van der Waals surface area contributed by atoms with Gasteiger partial charge in [0, 0.05) is 64.7 Å². The van der Waals surface area contributed by atoms with Crippen molar-refractivity contribution in [2.75, 3.05) is 52.6 Å². The molecule has 0 bridgehead atoms. The van der Waals surface area contributed by atoms with Crippen LogP contribution in [0.1, 0.15) is 51.9 Å². The molecule has 0 aromatic heterocycles. The van der Waals surface area contributed by atoms with E-state index >= 15 is 0 Å². The number of guanidine groups is 1. The zero-order chi connectivity index (χ0) is 18.0. The highest BCUT2D eigenvalue weighted by molar-refractivity contribution is 5.80. The second-order valence-electron chi connectivity index (χ2n) is 7.93. The van der Waals surface area contributed by atoms with E-state index in [0.29, 0.717) is 12.0 Å². The quantitative estimate of drug-likeness (QED) is 0.371. The fourth-order valence-corrected chi connectivity index (χ4v) is 3.88. The van der Waals surface area contributed by atoms with Gasteiger partial charge in [0.1, 0.15) is 0 Å². The monoisotopic (exact) mass is 366 g/mol. The molecule has 3 aliphatic rings. The van der Waals surface area contributed by atoms with Gasteiger partial charge in [-0.25, -0.2) is 0 Å². The summed E-state index contributed by atoms with van der Waals surface area (Å²) < 4.78 is 11.2. The molecule has 2 heterocycles. The van der Waals surface area contributed by atoms with E-state index in [9.17, 15) is 0 Å². The lowest BCUT2D eigenvalue weighted by atomic mass is 10.0. The van der Waals surface area contributed by atoms with E-state index in [-0.39, 0.29) is 0 Å². The van der Waals surface area contributed by atoms with Crippen molar-refractivity contribution >= 4 is 5.96 Å². The zero-order valence-corrected chi connectivity index (χ0v) is 16.5. The summed E-state index contributed by atoms with van der Waals surface area (Å²) in [5.41, 5.74) is 0. The van der Waals surface area contributed by atoms with Crippen LogP contribution < -0.4 is 10.6 Å². The number of ether oxygens (including phenoxy) is 2. The molecule has 6 nitrogen and oxygen atoms in total. The summed E-state index contributed by atoms with van der Waals surface area (Å²) >= 11 is 0. The predicted molar refractivity (Wildman–Crippen MR) is 106 cm³/mol. The maximum Gasteiger partial charge on any atom is 0.191 e. The van der Waals surface area contributed by atoms with Gasteiger partial charge in [0.05, 0.1) is 0 Å². The SMILES string of the molecule is CCNC(=NCCCOCC1CCOCC1)NC1CCN(C2CC2)CC1. The molecule has 0 atom stereocenters. The van der Waals surface area contributed by atoms with Crippen LogP contribution in [0, 0.1) is 5.92 Å². The number of nitrogens with zero attached hydrogens (tertiary/aromatic N) is 2. The van der Waals surface area contributed by atoms with E-state index in [4.69, 9.17) is 14.5 Å². The van der Waals surface area contributed by atoms with Gasteiger partial charge in [0.25, 0.3) is 0 Å². The van der Waals surface area contributed by atoms with Crippen LogP contribution in [0.2, 0.25) is 0 Å². The first-order valence-corrected chi connectivity index (χ1v) is 10.8. The smallest absolute Gasteiger partial charge is 0.191 e. The highest BCUT2D eigenvalue weighted by Gasteiger charge is 2.31. The van der Waals surface area contributed by atoms with Crippen LogP contribution in [0.25, 0.3) is 0 Å². The molecule has 3 fully saturated rings. The largest absolute Gasteiger partial charge is 0.381 e. The summed E-state index contributed by atoms with van der Waals surface area (Å²) in [6.07, 6.45) is 8.57. The number of hydrogen-bond acceptors (Lipinski definition) is 4. The minimum absolute atomic E-state index is 0.563. The number of piperidine rings is 1. The van der Waals surface area contributed by atoms with Gasteiger partial charge in [-0.05, 0) is 57.8 Å². The average molecular weight is 367 g/mol. The van der Waals surface area contributed by atoms with Gasteiger partial charge in [-0.3, -0.25) is 4.99 Å². The van der Waals surface area contributed by atoms with Crippen molar-refractivity contribution < 1.29 is 9.47 Å². The Morgan fingerprint density at radius 1 is 1.12 bits per heavy atom. The molecule has 0 unspecified atom stereocenters. The van der Waals surface area contributed by atoms with Crippen molar-refractivity contribution in [1.82, 2.24) is 15.5 Å². The Labute approximate surface area is 159 Å². The highest BCUT2D eigenvalue weighted by atomic mass is 16.5. The lowest BCUT2D eigenvalue weighted by Crippen LogP contribution is -2.49. The lowest BCUT2D eigenvalue weighted by Gasteiger charge is -2.33. The van der Waals surface area contributed by atoms with E-state index in [1.165, 1.54) is 38.8 Å². The minimum Gasteiger partial charge on any atom is -0.381 e. The highest BCUT2D eigenvalue weighted by Crippen LogP contribution is 2.29. The van der Waals surface area contributed by atoms with Crippen LogP contribution in [-0.4, -0.2) is 75.5 Å². The molecule has 6 heteroatoms. The van der Waals surface area contributed by atoms with Crippen molar-refractivity contribution in [1.29, 1.82) is 0 Å². The van der Waals surface area contributed by atoms with E-state index in [0.717, 1.165) is 70.8 Å². The average Bonchev–Trinajstić information content (AvgIpc) is 3.51. The molecule has 2 saturated heterocycles. The molecular formula is C20H38N4O2.